The molecule has 2 aromatic rings. The highest BCUT2D eigenvalue weighted by Gasteiger charge is 2.44. The van der Waals surface area contributed by atoms with Crippen LogP contribution in [0.15, 0.2) is 52.4 Å². The van der Waals surface area contributed by atoms with Gasteiger partial charge in [-0.2, -0.15) is 4.99 Å². The van der Waals surface area contributed by atoms with Crippen LogP contribution < -0.4 is 0 Å². The number of carbonyl (C=O) groups is 1. The summed E-state index contributed by atoms with van der Waals surface area (Å²) in [4.78, 5) is 20.2. The molecule has 6 heteroatoms. The van der Waals surface area contributed by atoms with Crippen molar-refractivity contribution in [3.63, 3.8) is 0 Å². The molecular weight excluding hydrogens is 416 g/mol. The Labute approximate surface area is 185 Å². The molecule has 1 aliphatic carbocycles. The second-order valence-electron chi connectivity index (χ2n) is 8.34. The van der Waals surface area contributed by atoms with Gasteiger partial charge in [0.05, 0.1) is 17.1 Å². The van der Waals surface area contributed by atoms with Crippen LogP contribution in [0.5, 0.6) is 0 Å². The number of allylic oxidation sites excluding steroid dienone is 1. The van der Waals surface area contributed by atoms with Crippen LogP contribution in [0.25, 0.3) is 5.57 Å². The number of halogens is 1. The van der Waals surface area contributed by atoms with Crippen LogP contribution in [0.4, 0.5) is 0 Å². The third-order valence-corrected chi connectivity index (χ3v) is 8.14. The van der Waals surface area contributed by atoms with Gasteiger partial charge in [-0.1, -0.05) is 41.9 Å². The SMILES string of the molecule is O=C1N=C(N2CCC3(CC2)OCc2ccccc23)S/C1=C1/CCc2cc(Cl)ccc21. The number of amidine groups is 1. The van der Waals surface area contributed by atoms with Crippen molar-refractivity contribution in [1.29, 1.82) is 0 Å². The molecule has 0 N–H and O–H groups in total. The molecule has 1 amide bonds. The van der Waals surface area contributed by atoms with Gasteiger partial charge in [0.15, 0.2) is 5.17 Å². The maximum Gasteiger partial charge on any atom is 0.286 e. The molecule has 2 aromatic carbocycles. The van der Waals surface area contributed by atoms with E-state index in [1.165, 1.54) is 28.5 Å². The van der Waals surface area contributed by atoms with Crippen molar-refractivity contribution in [2.75, 3.05) is 13.1 Å². The Morgan fingerprint density at radius 1 is 1.07 bits per heavy atom. The van der Waals surface area contributed by atoms with E-state index >= 15 is 0 Å². The number of carbonyl (C=O) groups excluding carboxylic acids is 1. The van der Waals surface area contributed by atoms with E-state index < -0.39 is 0 Å². The molecule has 0 saturated carbocycles. The summed E-state index contributed by atoms with van der Waals surface area (Å²) in [7, 11) is 0. The number of thioether (sulfide) groups is 1. The van der Waals surface area contributed by atoms with E-state index in [9.17, 15) is 4.79 Å². The van der Waals surface area contributed by atoms with Crippen molar-refractivity contribution in [3.8, 4) is 0 Å². The first kappa shape index (κ1) is 18.7. The van der Waals surface area contributed by atoms with Gasteiger partial charge in [-0.15, -0.1) is 0 Å². The van der Waals surface area contributed by atoms with Gasteiger partial charge >= 0.3 is 0 Å². The first-order valence-corrected chi connectivity index (χ1v) is 11.6. The maximum absolute atomic E-state index is 12.8. The lowest BCUT2D eigenvalue weighted by Crippen LogP contribution is -2.44. The molecule has 4 nitrogen and oxygen atoms in total. The number of ether oxygens (including phenoxy) is 1. The van der Waals surface area contributed by atoms with E-state index in [0.29, 0.717) is 6.61 Å². The summed E-state index contributed by atoms with van der Waals surface area (Å²) in [6.45, 7) is 2.40. The molecule has 0 atom stereocenters. The average molecular weight is 437 g/mol. The smallest absolute Gasteiger partial charge is 0.286 e. The fourth-order valence-corrected chi connectivity index (χ4v) is 6.46. The zero-order chi connectivity index (χ0) is 20.3. The van der Waals surface area contributed by atoms with Crippen molar-refractivity contribution < 1.29 is 9.53 Å². The Hall–Kier alpha value is -2.08. The fourth-order valence-electron chi connectivity index (χ4n) is 5.17. The minimum Gasteiger partial charge on any atom is -0.365 e. The number of hydrogen-bond acceptors (Lipinski definition) is 4. The van der Waals surface area contributed by atoms with E-state index in [0.717, 1.165) is 65.0 Å². The number of benzene rings is 2. The van der Waals surface area contributed by atoms with Crippen LogP contribution in [-0.2, 0) is 28.2 Å². The molecule has 1 spiro atoms. The van der Waals surface area contributed by atoms with Gasteiger partial charge in [-0.25, -0.2) is 0 Å². The number of piperidine rings is 1. The topological polar surface area (TPSA) is 41.9 Å². The van der Waals surface area contributed by atoms with E-state index in [2.05, 4.69) is 34.2 Å². The van der Waals surface area contributed by atoms with Gasteiger partial charge in [0, 0.05) is 18.1 Å². The third-order valence-electron chi connectivity index (χ3n) is 6.75. The minimum absolute atomic E-state index is 0.101. The Bertz CT molecular complexity index is 1130. The van der Waals surface area contributed by atoms with Crippen LogP contribution in [0.2, 0.25) is 5.02 Å². The number of amides is 1. The highest BCUT2D eigenvalue weighted by atomic mass is 35.5. The van der Waals surface area contributed by atoms with Crippen molar-refractivity contribution >= 4 is 40.0 Å². The predicted molar refractivity (Wildman–Crippen MR) is 120 cm³/mol. The van der Waals surface area contributed by atoms with Gasteiger partial charge in [0.25, 0.3) is 5.91 Å². The minimum atomic E-state index is -0.175. The van der Waals surface area contributed by atoms with E-state index in [-0.39, 0.29) is 11.5 Å². The molecule has 30 heavy (non-hydrogen) atoms. The zero-order valence-electron chi connectivity index (χ0n) is 16.5. The molecule has 152 valence electrons. The lowest BCUT2D eigenvalue weighted by atomic mass is 9.84. The van der Waals surface area contributed by atoms with Crippen molar-refractivity contribution in [2.24, 2.45) is 4.99 Å². The number of hydrogen-bond donors (Lipinski definition) is 0. The van der Waals surface area contributed by atoms with Gasteiger partial charge in [0.2, 0.25) is 0 Å². The van der Waals surface area contributed by atoms with Crippen molar-refractivity contribution in [2.45, 2.75) is 37.9 Å². The van der Waals surface area contributed by atoms with Gasteiger partial charge in [-0.05, 0) is 77.4 Å². The number of nitrogens with zero attached hydrogens (tertiary/aromatic N) is 2. The summed E-state index contributed by atoms with van der Waals surface area (Å²) in [5.74, 6) is -0.101. The van der Waals surface area contributed by atoms with Crippen LogP contribution in [0, 0.1) is 0 Å². The Kier molecular flexibility index (Phi) is 4.34. The lowest BCUT2D eigenvalue weighted by molar-refractivity contribution is -0.113. The molecule has 0 bridgehead atoms. The number of aliphatic imine (C=N–C) groups is 1. The average Bonchev–Trinajstić information content (AvgIpc) is 3.45. The van der Waals surface area contributed by atoms with Gasteiger partial charge < -0.3 is 9.64 Å². The third kappa shape index (κ3) is 2.87. The summed E-state index contributed by atoms with van der Waals surface area (Å²) in [5.41, 5.74) is 5.97. The van der Waals surface area contributed by atoms with Crippen LogP contribution in [-0.4, -0.2) is 29.1 Å². The van der Waals surface area contributed by atoms with Crippen LogP contribution >= 0.6 is 23.4 Å². The predicted octanol–water partition coefficient (Wildman–Crippen LogP) is 5.15. The Morgan fingerprint density at radius 3 is 2.77 bits per heavy atom. The number of likely N-dealkylation sites (tertiary alicyclic amines) is 1. The second kappa shape index (κ2) is 6.98. The van der Waals surface area contributed by atoms with Gasteiger partial charge in [0.1, 0.15) is 0 Å². The zero-order valence-corrected chi connectivity index (χ0v) is 18.1. The molecule has 4 aliphatic rings. The quantitative estimate of drug-likeness (QED) is 0.536. The summed E-state index contributed by atoms with van der Waals surface area (Å²) < 4.78 is 6.27. The number of aryl methyl sites for hydroxylation is 1. The molecule has 0 unspecified atom stereocenters. The molecule has 0 radical (unpaired) electrons. The Balaban J connectivity index is 1.21. The largest absolute Gasteiger partial charge is 0.365 e. The first-order valence-electron chi connectivity index (χ1n) is 10.4. The van der Waals surface area contributed by atoms with Crippen LogP contribution in [0.1, 0.15) is 41.5 Å². The van der Waals surface area contributed by atoms with Crippen molar-refractivity contribution in [3.05, 3.63) is 74.6 Å². The molecule has 6 rings (SSSR count). The lowest BCUT2D eigenvalue weighted by Gasteiger charge is -2.39. The second-order valence-corrected chi connectivity index (χ2v) is 9.75. The molecule has 3 aliphatic heterocycles. The normalized spacial score (nSPS) is 24.4. The number of rotatable bonds is 0. The van der Waals surface area contributed by atoms with E-state index in [1.807, 2.05) is 18.2 Å². The van der Waals surface area contributed by atoms with E-state index in [1.54, 1.807) is 0 Å². The summed E-state index contributed by atoms with van der Waals surface area (Å²) in [6, 6.07) is 14.5. The number of fused-ring (bicyclic) bond motifs is 3. The van der Waals surface area contributed by atoms with Crippen molar-refractivity contribution in [1.82, 2.24) is 4.90 Å². The molecule has 0 aromatic heterocycles. The highest BCUT2D eigenvalue weighted by Crippen LogP contribution is 2.46. The molecule has 1 saturated heterocycles. The fraction of sp³-hybridized carbons (Fsp3) is 0.333. The summed E-state index contributed by atoms with van der Waals surface area (Å²) >= 11 is 7.68. The summed E-state index contributed by atoms with van der Waals surface area (Å²) in [6.07, 6.45) is 3.65. The summed E-state index contributed by atoms with van der Waals surface area (Å²) in [5, 5.41) is 1.59. The van der Waals surface area contributed by atoms with Gasteiger partial charge in [-0.3, -0.25) is 4.79 Å². The highest BCUT2D eigenvalue weighted by molar-refractivity contribution is 8.18. The standard InChI is InChI=1S/C24H21ClN2O2S/c25-17-6-8-18-15(13-17)5-7-19(18)21-22(28)26-23(30-21)27-11-9-24(10-12-27)20-4-2-1-3-16(20)14-29-24/h1-4,6,8,13H,5,7,9-12,14H2/b21-19-. The maximum atomic E-state index is 12.8. The molecule has 1 fully saturated rings. The monoisotopic (exact) mass is 436 g/mol. The van der Waals surface area contributed by atoms with Crippen LogP contribution in [0.3, 0.4) is 0 Å². The molecule has 3 heterocycles. The van der Waals surface area contributed by atoms with E-state index in [4.69, 9.17) is 16.3 Å². The first-order chi connectivity index (χ1) is 14.6. The molecular formula is C24H21ClN2O2S. The Morgan fingerprint density at radius 2 is 1.90 bits per heavy atom.